The van der Waals surface area contributed by atoms with Crippen LogP contribution in [0.2, 0.25) is 0 Å². The van der Waals surface area contributed by atoms with Gasteiger partial charge in [0.05, 0.1) is 11.4 Å². The summed E-state index contributed by atoms with van der Waals surface area (Å²) in [6.45, 7) is 55.8. The Kier molecular flexibility index (Phi) is 16.7. The van der Waals surface area contributed by atoms with Crippen molar-refractivity contribution >= 4 is 97.4 Å². The van der Waals surface area contributed by atoms with Gasteiger partial charge in [-0.2, -0.15) is 0 Å². The lowest BCUT2D eigenvalue weighted by atomic mass is 9.29. The summed E-state index contributed by atoms with van der Waals surface area (Å²) < 4.78 is 0. The normalized spacial score (nSPS) is 13.4. The van der Waals surface area contributed by atoms with E-state index >= 15 is 0 Å². The highest BCUT2D eigenvalue weighted by molar-refractivity contribution is 7.02. The SMILES string of the molecule is Cc1cc(C)c(B2c3cc(C(C)(C)C)ccc3N3c4ccc(C(C)(C)C)cc4B(c4c(C)cc(C)cc4C)c4cc(-c5c(N(c6ccc(C(C)(C)C)cc6)c6ccc(C(C)(C)C)cc6)cccc5N(c5ccc(C(C)(C)C)cc5)c5ccc(C(C)(C)C)cc5)cc2c43)c(C)c1. The first-order valence-electron chi connectivity index (χ1n) is 35.0. The standard InChI is InChI=1S/C90H103B2N3/c1-56-48-58(3)82(59(4)49-56)91-73-54-67(89(19,20)21)36-46-77(73)95-78-47-37-68(90(22,23)24)55-74(78)92(83-60(5)50-57(2)51-61(83)6)76-53-62(52-75(91)84(76)95)81-79(93(69-38-28-63(29-39-69)85(7,8)9)70-40-30-64(31-41-70)86(10,11)12)26-25-27-80(81)94(71-42-32-65(33-43-71)87(13,14)15)72-44-34-66(35-45-72)88(16,17)18/h25-55H,1-24H3. The molecule has 0 N–H and O–H groups in total. The molecular formula is C90H103B2N3. The predicted octanol–water partition coefficient (Wildman–Crippen LogP) is 21.1. The molecule has 3 nitrogen and oxygen atoms in total. The molecule has 0 atom stereocenters. The van der Waals surface area contributed by atoms with Crippen LogP contribution >= 0.6 is 0 Å². The molecule has 10 aromatic carbocycles. The van der Waals surface area contributed by atoms with Crippen molar-refractivity contribution < 1.29 is 0 Å². The summed E-state index contributed by atoms with van der Waals surface area (Å²) in [6, 6.07) is 74.9. The molecule has 0 spiro atoms. The largest absolute Gasteiger partial charge is 0.313 e. The van der Waals surface area contributed by atoms with Crippen LogP contribution in [0.1, 0.15) is 191 Å². The van der Waals surface area contributed by atoms with Gasteiger partial charge in [0.15, 0.2) is 0 Å². The fourth-order valence-corrected chi connectivity index (χ4v) is 15.5. The highest BCUT2D eigenvalue weighted by Gasteiger charge is 2.46. The van der Waals surface area contributed by atoms with Gasteiger partial charge in [0.2, 0.25) is 13.4 Å². The molecule has 2 aliphatic heterocycles. The van der Waals surface area contributed by atoms with Crippen LogP contribution in [0.25, 0.3) is 11.1 Å². The highest BCUT2D eigenvalue weighted by Crippen LogP contribution is 2.51. The summed E-state index contributed by atoms with van der Waals surface area (Å²) >= 11 is 0. The van der Waals surface area contributed by atoms with Crippen molar-refractivity contribution in [3.63, 3.8) is 0 Å². The molecule has 2 aliphatic rings. The van der Waals surface area contributed by atoms with Crippen molar-refractivity contribution in [2.75, 3.05) is 14.7 Å². The van der Waals surface area contributed by atoms with E-state index in [1.807, 2.05) is 0 Å². The first kappa shape index (κ1) is 66.7. The molecule has 0 aliphatic carbocycles. The second-order valence-corrected chi connectivity index (χ2v) is 34.4. The molecule has 0 saturated heterocycles. The minimum absolute atomic E-state index is 0.0410. The number of fused-ring (bicyclic) bond motifs is 4. The lowest BCUT2D eigenvalue weighted by Gasteiger charge is -2.46. The molecule has 0 unspecified atom stereocenters. The molecule has 0 bridgehead atoms. The molecule has 0 saturated carbocycles. The van der Waals surface area contributed by atoms with Crippen LogP contribution in [0.4, 0.5) is 51.2 Å². The summed E-state index contributed by atoms with van der Waals surface area (Å²) in [5.41, 5.74) is 36.0. The van der Waals surface area contributed by atoms with Crippen molar-refractivity contribution in [3.8, 4) is 11.1 Å². The van der Waals surface area contributed by atoms with E-state index in [0.717, 1.165) is 39.7 Å². The number of nitrogens with zero attached hydrogens (tertiary/aromatic N) is 3. The van der Waals surface area contributed by atoms with E-state index in [9.17, 15) is 0 Å². The zero-order valence-electron chi connectivity index (χ0n) is 61.9. The van der Waals surface area contributed by atoms with Gasteiger partial charge >= 0.3 is 0 Å². The first-order valence-corrected chi connectivity index (χ1v) is 35.0. The van der Waals surface area contributed by atoms with Crippen LogP contribution in [0, 0.1) is 41.5 Å². The zero-order valence-corrected chi connectivity index (χ0v) is 61.9. The Hall–Kier alpha value is -8.27. The number of hydrogen-bond donors (Lipinski definition) is 0. The van der Waals surface area contributed by atoms with Crippen LogP contribution in [0.15, 0.2) is 188 Å². The summed E-state index contributed by atoms with van der Waals surface area (Å²) in [5, 5.41) is 0. The summed E-state index contributed by atoms with van der Waals surface area (Å²) in [6.07, 6.45) is 0. The van der Waals surface area contributed by atoms with E-state index in [1.54, 1.807) is 0 Å². The second kappa shape index (κ2) is 23.8. The van der Waals surface area contributed by atoms with Gasteiger partial charge in [0, 0.05) is 45.4 Å². The highest BCUT2D eigenvalue weighted by atomic mass is 15.2. The summed E-state index contributed by atoms with van der Waals surface area (Å²) in [5.74, 6) is 0. The Bertz CT molecular complexity index is 4130. The molecule has 0 amide bonds. The third kappa shape index (κ3) is 12.4. The van der Waals surface area contributed by atoms with Gasteiger partial charge < -0.3 is 14.7 Å². The van der Waals surface area contributed by atoms with E-state index in [2.05, 4.69) is 369 Å². The molecule has 0 aromatic heterocycles. The maximum Gasteiger partial charge on any atom is 0.247 e. The van der Waals surface area contributed by atoms with Crippen molar-refractivity contribution in [1.82, 2.24) is 0 Å². The molecule has 484 valence electrons. The fraction of sp³-hybridized carbons (Fsp3) is 0.333. The average Bonchev–Trinajstić information content (AvgIpc) is 0.690. The Morgan fingerprint density at radius 3 is 0.811 bits per heavy atom. The summed E-state index contributed by atoms with van der Waals surface area (Å²) in [4.78, 5) is 7.83. The number of rotatable bonds is 9. The maximum atomic E-state index is 2.70. The lowest BCUT2D eigenvalue weighted by molar-refractivity contribution is 0.590. The van der Waals surface area contributed by atoms with Crippen LogP contribution in [0.5, 0.6) is 0 Å². The topological polar surface area (TPSA) is 9.72 Å². The maximum absolute atomic E-state index is 2.70. The van der Waals surface area contributed by atoms with E-state index in [1.165, 1.54) is 122 Å². The van der Waals surface area contributed by atoms with E-state index in [4.69, 9.17) is 0 Å². The van der Waals surface area contributed by atoms with Crippen LogP contribution in [-0.4, -0.2) is 13.4 Å². The predicted molar refractivity (Wildman–Crippen MR) is 419 cm³/mol. The van der Waals surface area contributed by atoms with Gasteiger partial charge in [-0.05, 0) is 208 Å². The molecule has 2 heterocycles. The molecule has 10 aromatic rings. The zero-order chi connectivity index (χ0) is 68.6. The average molecular weight is 1250 g/mol. The second-order valence-electron chi connectivity index (χ2n) is 34.4. The Balaban J connectivity index is 1.31. The number of hydrogen-bond acceptors (Lipinski definition) is 3. The smallest absolute Gasteiger partial charge is 0.247 e. The van der Waals surface area contributed by atoms with Gasteiger partial charge in [-0.3, -0.25) is 0 Å². The molecule has 12 rings (SSSR count). The van der Waals surface area contributed by atoms with Crippen LogP contribution in [0.3, 0.4) is 0 Å². The van der Waals surface area contributed by atoms with Crippen LogP contribution in [-0.2, 0) is 32.5 Å². The van der Waals surface area contributed by atoms with Crippen LogP contribution < -0.4 is 47.5 Å². The molecule has 0 radical (unpaired) electrons. The number of benzene rings is 10. The van der Waals surface area contributed by atoms with Crippen molar-refractivity contribution in [3.05, 3.63) is 255 Å². The minimum atomic E-state index is -0.123. The fourth-order valence-electron chi connectivity index (χ4n) is 15.5. The van der Waals surface area contributed by atoms with Gasteiger partial charge in [0.1, 0.15) is 0 Å². The lowest BCUT2D eigenvalue weighted by Crippen LogP contribution is -2.66. The molecule has 0 fully saturated rings. The van der Waals surface area contributed by atoms with Gasteiger partial charge in [-0.25, -0.2) is 0 Å². The van der Waals surface area contributed by atoms with Crippen molar-refractivity contribution in [2.45, 2.75) is 199 Å². The molecule has 5 heteroatoms. The number of aryl methyl sites for hydroxylation is 6. The minimum Gasteiger partial charge on any atom is -0.313 e. The van der Waals surface area contributed by atoms with E-state index in [-0.39, 0.29) is 45.9 Å². The monoisotopic (exact) mass is 1250 g/mol. The summed E-state index contributed by atoms with van der Waals surface area (Å²) in [7, 11) is 0. The quantitative estimate of drug-likeness (QED) is 0.133. The van der Waals surface area contributed by atoms with E-state index < -0.39 is 0 Å². The van der Waals surface area contributed by atoms with Crippen molar-refractivity contribution in [1.29, 1.82) is 0 Å². The van der Waals surface area contributed by atoms with Gasteiger partial charge in [-0.1, -0.05) is 284 Å². The Morgan fingerprint density at radius 1 is 0.284 bits per heavy atom. The molecular weight excluding hydrogens is 1140 g/mol. The first-order chi connectivity index (χ1) is 44.4. The molecule has 95 heavy (non-hydrogen) atoms. The van der Waals surface area contributed by atoms with Gasteiger partial charge in [0.25, 0.3) is 0 Å². The van der Waals surface area contributed by atoms with Crippen molar-refractivity contribution in [2.24, 2.45) is 0 Å². The Labute approximate surface area is 573 Å². The third-order valence-corrected chi connectivity index (χ3v) is 20.7. The van der Waals surface area contributed by atoms with E-state index in [0.29, 0.717) is 0 Å². The Morgan fingerprint density at radius 2 is 0.547 bits per heavy atom. The third-order valence-electron chi connectivity index (χ3n) is 20.7. The number of anilines is 9. The van der Waals surface area contributed by atoms with Gasteiger partial charge in [-0.15, -0.1) is 0 Å².